The Hall–Kier alpha value is -3.09. The fraction of sp³-hybridized carbons (Fsp3) is 0.240. The molecule has 0 saturated carbocycles. The Morgan fingerprint density at radius 3 is 1.94 bits per heavy atom. The van der Waals surface area contributed by atoms with Crippen LogP contribution in [0.5, 0.6) is 0 Å². The van der Waals surface area contributed by atoms with E-state index in [1.54, 1.807) is 12.1 Å². The SMILES string of the molecule is O=C(Nc1ccc(CN2CCN(Cc3ccccc3)CC2)cc1)c1cccc(F)c1F. The van der Waals surface area contributed by atoms with Crippen LogP contribution in [0.2, 0.25) is 0 Å². The van der Waals surface area contributed by atoms with Crippen molar-refractivity contribution in [3.63, 3.8) is 0 Å². The van der Waals surface area contributed by atoms with Gasteiger partial charge in [0.1, 0.15) is 0 Å². The van der Waals surface area contributed by atoms with E-state index >= 15 is 0 Å². The van der Waals surface area contributed by atoms with E-state index in [0.29, 0.717) is 5.69 Å². The fourth-order valence-corrected chi connectivity index (χ4v) is 3.78. The summed E-state index contributed by atoms with van der Waals surface area (Å²) in [6.45, 7) is 5.89. The molecule has 3 aromatic carbocycles. The first-order valence-corrected chi connectivity index (χ1v) is 10.4. The lowest BCUT2D eigenvalue weighted by Gasteiger charge is -2.34. The number of carbonyl (C=O) groups is 1. The van der Waals surface area contributed by atoms with Crippen molar-refractivity contribution in [3.05, 3.63) is 101 Å². The molecule has 0 aliphatic carbocycles. The number of hydrogen-bond donors (Lipinski definition) is 1. The highest BCUT2D eigenvalue weighted by Crippen LogP contribution is 2.17. The van der Waals surface area contributed by atoms with Gasteiger partial charge in [0.15, 0.2) is 11.6 Å². The van der Waals surface area contributed by atoms with E-state index in [4.69, 9.17) is 0 Å². The lowest BCUT2D eigenvalue weighted by molar-refractivity contribution is 0.102. The van der Waals surface area contributed by atoms with Crippen molar-refractivity contribution in [2.45, 2.75) is 13.1 Å². The molecule has 4 rings (SSSR count). The number of halogens is 2. The number of hydrogen-bond acceptors (Lipinski definition) is 3. The van der Waals surface area contributed by atoms with E-state index in [1.165, 1.54) is 17.7 Å². The maximum Gasteiger partial charge on any atom is 0.258 e. The third-order valence-corrected chi connectivity index (χ3v) is 5.53. The largest absolute Gasteiger partial charge is 0.322 e. The molecule has 1 aliphatic rings. The standard InChI is InChI=1S/C25H25F2N3O/c26-23-8-4-7-22(24(23)27)25(31)28-21-11-9-20(10-12-21)18-30-15-13-29(14-16-30)17-19-5-2-1-3-6-19/h1-12H,13-18H2,(H,28,31). The molecule has 0 aromatic heterocycles. The molecular weight excluding hydrogens is 396 g/mol. The third kappa shape index (κ3) is 5.54. The summed E-state index contributed by atoms with van der Waals surface area (Å²) in [6, 6.07) is 21.6. The van der Waals surface area contributed by atoms with Gasteiger partial charge in [0.05, 0.1) is 5.56 Å². The summed E-state index contributed by atoms with van der Waals surface area (Å²) >= 11 is 0. The van der Waals surface area contributed by atoms with Crippen molar-refractivity contribution in [2.24, 2.45) is 0 Å². The minimum absolute atomic E-state index is 0.308. The molecule has 0 atom stereocenters. The zero-order valence-corrected chi connectivity index (χ0v) is 17.2. The molecule has 1 amide bonds. The van der Waals surface area contributed by atoms with Gasteiger partial charge in [0.25, 0.3) is 5.91 Å². The molecule has 1 heterocycles. The molecule has 6 heteroatoms. The summed E-state index contributed by atoms with van der Waals surface area (Å²) in [5.41, 5.74) is 2.72. The number of rotatable bonds is 6. The highest BCUT2D eigenvalue weighted by Gasteiger charge is 2.18. The Kier molecular flexibility index (Phi) is 6.70. The molecule has 160 valence electrons. The molecule has 3 aromatic rings. The number of nitrogens with zero attached hydrogens (tertiary/aromatic N) is 2. The monoisotopic (exact) mass is 421 g/mol. The van der Waals surface area contributed by atoms with Crippen LogP contribution in [-0.2, 0) is 13.1 Å². The van der Waals surface area contributed by atoms with Crippen LogP contribution in [0, 0.1) is 11.6 Å². The van der Waals surface area contributed by atoms with Crippen molar-refractivity contribution >= 4 is 11.6 Å². The van der Waals surface area contributed by atoms with E-state index < -0.39 is 17.5 Å². The summed E-state index contributed by atoms with van der Waals surface area (Å²) < 4.78 is 27.1. The van der Waals surface area contributed by atoms with Gasteiger partial charge in [-0.05, 0) is 35.4 Å². The zero-order chi connectivity index (χ0) is 21.6. The van der Waals surface area contributed by atoms with E-state index in [1.807, 2.05) is 18.2 Å². The summed E-state index contributed by atoms with van der Waals surface area (Å²) in [6.07, 6.45) is 0. The number of piperazine rings is 1. The van der Waals surface area contributed by atoms with Crippen LogP contribution < -0.4 is 5.32 Å². The Labute approximate surface area is 181 Å². The fourth-order valence-electron chi connectivity index (χ4n) is 3.78. The zero-order valence-electron chi connectivity index (χ0n) is 17.2. The molecule has 4 nitrogen and oxygen atoms in total. The minimum Gasteiger partial charge on any atom is -0.322 e. The van der Waals surface area contributed by atoms with Crippen molar-refractivity contribution < 1.29 is 13.6 Å². The van der Waals surface area contributed by atoms with Crippen molar-refractivity contribution in [2.75, 3.05) is 31.5 Å². The Morgan fingerprint density at radius 1 is 0.742 bits per heavy atom. The normalized spacial score (nSPS) is 15.0. The molecule has 1 saturated heterocycles. The third-order valence-electron chi connectivity index (χ3n) is 5.53. The smallest absolute Gasteiger partial charge is 0.258 e. The second-order valence-corrected chi connectivity index (χ2v) is 7.79. The van der Waals surface area contributed by atoms with Crippen LogP contribution in [0.4, 0.5) is 14.5 Å². The molecule has 1 fully saturated rings. The maximum atomic E-state index is 13.8. The van der Waals surface area contributed by atoms with Crippen LogP contribution in [0.3, 0.4) is 0 Å². The van der Waals surface area contributed by atoms with Gasteiger partial charge in [-0.1, -0.05) is 48.5 Å². The van der Waals surface area contributed by atoms with E-state index in [2.05, 4.69) is 39.4 Å². The van der Waals surface area contributed by atoms with Crippen molar-refractivity contribution in [1.29, 1.82) is 0 Å². The lowest BCUT2D eigenvalue weighted by atomic mass is 10.1. The van der Waals surface area contributed by atoms with Gasteiger partial charge in [-0.2, -0.15) is 0 Å². The van der Waals surface area contributed by atoms with Crippen LogP contribution in [0.25, 0.3) is 0 Å². The molecule has 0 spiro atoms. The second-order valence-electron chi connectivity index (χ2n) is 7.79. The predicted octanol–water partition coefficient (Wildman–Crippen LogP) is 4.53. The first-order chi connectivity index (χ1) is 15.1. The van der Waals surface area contributed by atoms with Gasteiger partial charge in [-0.15, -0.1) is 0 Å². The van der Waals surface area contributed by atoms with Crippen LogP contribution in [0.15, 0.2) is 72.8 Å². The molecule has 0 unspecified atom stereocenters. The summed E-state index contributed by atoms with van der Waals surface area (Å²) in [7, 11) is 0. The molecule has 1 N–H and O–H groups in total. The predicted molar refractivity (Wildman–Crippen MR) is 118 cm³/mol. The number of amides is 1. The van der Waals surface area contributed by atoms with Gasteiger partial charge < -0.3 is 5.32 Å². The number of nitrogens with one attached hydrogen (secondary N) is 1. The average molecular weight is 421 g/mol. The molecular formula is C25H25F2N3O. The minimum atomic E-state index is -1.14. The number of carbonyl (C=O) groups excluding carboxylic acids is 1. The molecule has 0 bridgehead atoms. The van der Waals surface area contributed by atoms with E-state index in [0.717, 1.165) is 50.9 Å². The Balaban J connectivity index is 1.27. The van der Waals surface area contributed by atoms with Crippen LogP contribution >= 0.6 is 0 Å². The Bertz CT molecular complexity index is 1020. The quantitative estimate of drug-likeness (QED) is 0.635. The lowest BCUT2D eigenvalue weighted by Crippen LogP contribution is -2.45. The second kappa shape index (κ2) is 9.81. The van der Waals surface area contributed by atoms with Gasteiger partial charge >= 0.3 is 0 Å². The van der Waals surface area contributed by atoms with Crippen molar-refractivity contribution in [1.82, 2.24) is 9.80 Å². The van der Waals surface area contributed by atoms with E-state index in [-0.39, 0.29) is 5.56 Å². The summed E-state index contributed by atoms with van der Waals surface area (Å²) in [5, 5.41) is 2.62. The van der Waals surface area contributed by atoms with Gasteiger partial charge in [0, 0.05) is 45.0 Å². The van der Waals surface area contributed by atoms with Gasteiger partial charge in [0.2, 0.25) is 0 Å². The van der Waals surface area contributed by atoms with Gasteiger partial charge in [-0.25, -0.2) is 8.78 Å². The first-order valence-electron chi connectivity index (χ1n) is 10.4. The summed E-state index contributed by atoms with van der Waals surface area (Å²) in [4.78, 5) is 17.1. The molecule has 1 aliphatic heterocycles. The van der Waals surface area contributed by atoms with Gasteiger partial charge in [-0.3, -0.25) is 14.6 Å². The van der Waals surface area contributed by atoms with Crippen LogP contribution in [-0.4, -0.2) is 41.9 Å². The van der Waals surface area contributed by atoms with Crippen LogP contribution in [0.1, 0.15) is 21.5 Å². The highest BCUT2D eigenvalue weighted by molar-refractivity contribution is 6.04. The molecule has 31 heavy (non-hydrogen) atoms. The maximum absolute atomic E-state index is 13.8. The first kappa shape index (κ1) is 21.2. The Morgan fingerprint density at radius 2 is 1.32 bits per heavy atom. The van der Waals surface area contributed by atoms with Crippen molar-refractivity contribution in [3.8, 4) is 0 Å². The number of anilines is 1. The average Bonchev–Trinajstić information content (AvgIpc) is 2.79. The highest BCUT2D eigenvalue weighted by atomic mass is 19.2. The van der Waals surface area contributed by atoms with E-state index in [9.17, 15) is 13.6 Å². The number of benzene rings is 3. The summed E-state index contributed by atoms with van der Waals surface area (Å²) in [5.74, 6) is -2.84. The molecule has 0 radical (unpaired) electrons. The topological polar surface area (TPSA) is 35.6 Å².